The normalized spacial score (nSPS) is 29.9. The molecule has 1 saturated carbocycles. The van der Waals surface area contributed by atoms with Crippen molar-refractivity contribution in [1.82, 2.24) is 9.80 Å². The van der Waals surface area contributed by atoms with E-state index in [0.29, 0.717) is 36.4 Å². The van der Waals surface area contributed by atoms with Gasteiger partial charge in [0.25, 0.3) is 5.91 Å². The van der Waals surface area contributed by atoms with Crippen LogP contribution in [0.4, 0.5) is 26.3 Å². The standard InChI is InChI=1S/C33H38F6N2O3/c1-43-31(24-19-25(32(34,35)36)21-26(20-24)33(37,38)39)13-17-41(28(31)42)30(23-5-3-2-4-6-23)9-7-27(8-10-30)40-15-11-29(12-16-40)14-18-44-22-29/h2-6,19-21,27H,7-18,22H2,1H3. The van der Waals surface area contributed by atoms with E-state index in [1.807, 2.05) is 30.3 Å². The van der Waals surface area contributed by atoms with Gasteiger partial charge in [0, 0.05) is 32.7 Å². The summed E-state index contributed by atoms with van der Waals surface area (Å²) in [7, 11) is 1.18. The highest BCUT2D eigenvalue weighted by molar-refractivity contribution is 5.90. The molecule has 11 heteroatoms. The van der Waals surface area contributed by atoms with Crippen LogP contribution in [0.25, 0.3) is 0 Å². The molecule has 0 N–H and O–H groups in total. The minimum Gasteiger partial charge on any atom is -0.381 e. The van der Waals surface area contributed by atoms with Gasteiger partial charge in [-0.2, -0.15) is 26.3 Å². The van der Waals surface area contributed by atoms with Gasteiger partial charge in [-0.3, -0.25) is 4.79 Å². The first-order valence-corrected chi connectivity index (χ1v) is 15.4. The first-order valence-electron chi connectivity index (χ1n) is 15.4. The fourth-order valence-corrected chi connectivity index (χ4v) is 8.18. The first-order chi connectivity index (χ1) is 20.8. The number of carbonyl (C=O) groups is 1. The number of hydrogen-bond donors (Lipinski definition) is 0. The largest absolute Gasteiger partial charge is 0.416 e. The number of nitrogens with zero attached hydrogens (tertiary/aromatic N) is 2. The summed E-state index contributed by atoms with van der Waals surface area (Å²) in [5.74, 6) is -0.601. The third kappa shape index (κ3) is 5.42. The molecule has 2 aromatic carbocycles. The Morgan fingerprint density at radius 2 is 1.41 bits per heavy atom. The van der Waals surface area contributed by atoms with E-state index in [1.54, 1.807) is 4.90 Å². The van der Waals surface area contributed by atoms with Gasteiger partial charge >= 0.3 is 12.4 Å². The van der Waals surface area contributed by atoms with Gasteiger partial charge in [-0.05, 0) is 92.8 Å². The summed E-state index contributed by atoms with van der Waals surface area (Å²) < 4.78 is 93.9. The van der Waals surface area contributed by atoms with Crippen molar-refractivity contribution in [3.05, 3.63) is 70.8 Å². The van der Waals surface area contributed by atoms with Crippen LogP contribution < -0.4 is 0 Å². The molecule has 4 fully saturated rings. The first kappa shape index (κ1) is 31.4. The molecule has 0 radical (unpaired) electrons. The van der Waals surface area contributed by atoms with Crippen molar-refractivity contribution >= 4 is 5.91 Å². The van der Waals surface area contributed by atoms with Crippen LogP contribution >= 0.6 is 0 Å². The van der Waals surface area contributed by atoms with E-state index in [2.05, 4.69) is 4.90 Å². The quantitative estimate of drug-likeness (QED) is 0.332. The topological polar surface area (TPSA) is 42.0 Å². The number of ether oxygens (including phenoxy) is 2. The van der Waals surface area contributed by atoms with E-state index in [4.69, 9.17) is 9.47 Å². The summed E-state index contributed by atoms with van der Waals surface area (Å²) in [5.41, 5.74) is -4.86. The van der Waals surface area contributed by atoms with Gasteiger partial charge in [0.15, 0.2) is 5.60 Å². The second-order valence-electron chi connectivity index (χ2n) is 13.0. The van der Waals surface area contributed by atoms with Crippen LogP contribution in [0.2, 0.25) is 0 Å². The lowest BCUT2D eigenvalue weighted by atomic mass is 9.72. The number of benzene rings is 2. The Balaban J connectivity index is 1.30. The molecule has 6 rings (SSSR count). The van der Waals surface area contributed by atoms with E-state index in [-0.39, 0.29) is 19.0 Å². The number of carbonyl (C=O) groups excluding carboxylic acids is 1. The molecule has 44 heavy (non-hydrogen) atoms. The highest BCUT2D eigenvalue weighted by Gasteiger charge is 2.57. The summed E-state index contributed by atoms with van der Waals surface area (Å²) in [4.78, 5) is 18.6. The zero-order valence-electron chi connectivity index (χ0n) is 24.8. The lowest BCUT2D eigenvalue weighted by molar-refractivity contribution is -0.155. The molecule has 4 aliphatic rings. The number of methoxy groups -OCH3 is 1. The average Bonchev–Trinajstić information content (AvgIpc) is 3.61. The molecule has 2 aromatic rings. The molecular weight excluding hydrogens is 586 g/mol. The number of hydrogen-bond acceptors (Lipinski definition) is 4. The molecule has 1 amide bonds. The highest BCUT2D eigenvalue weighted by atomic mass is 19.4. The van der Waals surface area contributed by atoms with Crippen molar-refractivity contribution in [2.24, 2.45) is 5.41 Å². The Kier molecular flexibility index (Phi) is 8.06. The van der Waals surface area contributed by atoms with Crippen molar-refractivity contribution in [2.45, 2.75) is 80.9 Å². The van der Waals surface area contributed by atoms with Gasteiger partial charge in [-0.25, -0.2) is 0 Å². The molecular formula is C33H38F6N2O3. The van der Waals surface area contributed by atoms with Crippen molar-refractivity contribution in [3.63, 3.8) is 0 Å². The summed E-state index contributed by atoms with van der Waals surface area (Å²) in [5, 5.41) is 0. The second-order valence-corrected chi connectivity index (χ2v) is 13.0. The molecule has 1 aliphatic carbocycles. The minimum atomic E-state index is -5.03. The SMILES string of the molecule is COC1(c2cc(C(F)(F)F)cc(C(F)(F)F)c2)CCN(C2(c3ccccc3)CCC(N3CCC4(CCOC4)CC3)CC2)C1=O. The van der Waals surface area contributed by atoms with Crippen molar-refractivity contribution in [3.8, 4) is 0 Å². The van der Waals surface area contributed by atoms with Gasteiger partial charge in [0.2, 0.25) is 0 Å². The number of amides is 1. The number of piperidine rings is 1. The molecule has 1 unspecified atom stereocenters. The third-order valence-corrected chi connectivity index (χ3v) is 10.9. The Morgan fingerprint density at radius 1 is 0.795 bits per heavy atom. The van der Waals surface area contributed by atoms with Crippen molar-refractivity contribution in [2.75, 3.05) is 40.0 Å². The smallest absolute Gasteiger partial charge is 0.381 e. The Hall–Kier alpha value is -2.63. The predicted molar refractivity (Wildman–Crippen MR) is 151 cm³/mol. The number of halogens is 6. The van der Waals surface area contributed by atoms with E-state index in [1.165, 1.54) is 7.11 Å². The fraction of sp³-hybridized carbons (Fsp3) is 0.606. The summed E-state index contributed by atoms with van der Waals surface area (Å²) in [6, 6.07) is 11.3. The molecule has 3 heterocycles. The zero-order chi connectivity index (χ0) is 31.4. The Morgan fingerprint density at radius 3 is 1.93 bits per heavy atom. The summed E-state index contributed by atoms with van der Waals surface area (Å²) in [6.45, 7) is 3.80. The zero-order valence-corrected chi connectivity index (χ0v) is 24.8. The van der Waals surface area contributed by atoms with Gasteiger partial charge < -0.3 is 19.3 Å². The molecule has 0 aromatic heterocycles. The van der Waals surface area contributed by atoms with Crippen LogP contribution in [0.15, 0.2) is 48.5 Å². The maximum Gasteiger partial charge on any atom is 0.416 e. The van der Waals surface area contributed by atoms with Crippen LogP contribution in [0.3, 0.4) is 0 Å². The average molecular weight is 625 g/mol. The van der Waals surface area contributed by atoms with Crippen LogP contribution in [0, 0.1) is 5.41 Å². The van der Waals surface area contributed by atoms with Gasteiger partial charge in [0.05, 0.1) is 23.3 Å². The van der Waals surface area contributed by atoms with Crippen molar-refractivity contribution in [1.29, 1.82) is 0 Å². The molecule has 1 spiro atoms. The van der Waals surface area contributed by atoms with Crippen LogP contribution in [-0.4, -0.2) is 61.7 Å². The molecule has 0 bridgehead atoms. The number of likely N-dealkylation sites (tertiary alicyclic amines) is 2. The Bertz CT molecular complexity index is 1310. The van der Waals surface area contributed by atoms with Crippen molar-refractivity contribution < 1.29 is 40.6 Å². The minimum absolute atomic E-state index is 0.0603. The highest BCUT2D eigenvalue weighted by Crippen LogP contribution is 2.51. The second kappa shape index (κ2) is 11.3. The predicted octanol–water partition coefficient (Wildman–Crippen LogP) is 7.14. The maximum atomic E-state index is 14.4. The molecule has 240 valence electrons. The summed E-state index contributed by atoms with van der Waals surface area (Å²) in [6.07, 6.45) is -3.90. The lowest BCUT2D eigenvalue weighted by Crippen LogP contribution is -2.55. The van der Waals surface area contributed by atoms with Crippen LogP contribution in [-0.2, 0) is 37.8 Å². The Labute approximate surface area is 253 Å². The number of rotatable bonds is 5. The van der Waals surface area contributed by atoms with Gasteiger partial charge in [-0.1, -0.05) is 30.3 Å². The third-order valence-electron chi connectivity index (χ3n) is 10.9. The molecule has 3 aliphatic heterocycles. The van der Waals surface area contributed by atoms with E-state index in [0.717, 1.165) is 64.0 Å². The van der Waals surface area contributed by atoms with E-state index < -0.39 is 46.1 Å². The lowest BCUT2D eigenvalue weighted by Gasteiger charge is -2.50. The van der Waals surface area contributed by atoms with E-state index >= 15 is 0 Å². The van der Waals surface area contributed by atoms with Crippen LogP contribution in [0.1, 0.15) is 73.6 Å². The molecule has 5 nitrogen and oxygen atoms in total. The fourth-order valence-electron chi connectivity index (χ4n) is 8.18. The maximum absolute atomic E-state index is 14.4. The van der Waals surface area contributed by atoms with E-state index in [9.17, 15) is 31.1 Å². The summed E-state index contributed by atoms with van der Waals surface area (Å²) >= 11 is 0. The van der Waals surface area contributed by atoms with Crippen LogP contribution in [0.5, 0.6) is 0 Å². The number of alkyl halides is 6. The molecule has 1 atom stereocenters. The monoisotopic (exact) mass is 624 g/mol. The molecule has 3 saturated heterocycles. The van der Waals surface area contributed by atoms with Gasteiger partial charge in [0.1, 0.15) is 0 Å². The van der Waals surface area contributed by atoms with Gasteiger partial charge in [-0.15, -0.1) is 0 Å².